The SMILES string of the molecule is Cc1ccc(COc2ccc(O)cc2)c(N)c1. The molecule has 0 amide bonds. The molecule has 2 rings (SSSR count). The first-order chi connectivity index (χ1) is 8.15. The summed E-state index contributed by atoms with van der Waals surface area (Å²) in [5.74, 6) is 0.940. The third-order valence-corrected chi connectivity index (χ3v) is 2.53. The van der Waals surface area contributed by atoms with E-state index in [1.807, 2.05) is 25.1 Å². The van der Waals surface area contributed by atoms with Gasteiger partial charge in [0.1, 0.15) is 18.1 Å². The molecule has 3 heteroatoms. The van der Waals surface area contributed by atoms with Gasteiger partial charge in [0.25, 0.3) is 0 Å². The van der Waals surface area contributed by atoms with Crippen molar-refractivity contribution in [2.24, 2.45) is 0 Å². The van der Waals surface area contributed by atoms with Gasteiger partial charge < -0.3 is 15.6 Å². The minimum absolute atomic E-state index is 0.229. The lowest BCUT2D eigenvalue weighted by Gasteiger charge is -2.09. The molecule has 17 heavy (non-hydrogen) atoms. The Hall–Kier alpha value is -2.16. The minimum atomic E-state index is 0.229. The van der Waals surface area contributed by atoms with E-state index in [9.17, 15) is 0 Å². The standard InChI is InChI=1S/C14H15NO2/c1-10-2-3-11(14(15)8-10)9-17-13-6-4-12(16)5-7-13/h2-8,16H,9,15H2,1H3. The largest absolute Gasteiger partial charge is 0.508 e. The van der Waals surface area contributed by atoms with Crippen LogP contribution in [0.3, 0.4) is 0 Å². The highest BCUT2D eigenvalue weighted by atomic mass is 16.5. The van der Waals surface area contributed by atoms with Crippen molar-refractivity contribution in [3.05, 3.63) is 53.6 Å². The number of anilines is 1. The van der Waals surface area contributed by atoms with E-state index >= 15 is 0 Å². The van der Waals surface area contributed by atoms with E-state index in [0.717, 1.165) is 16.8 Å². The highest BCUT2D eigenvalue weighted by molar-refractivity contribution is 5.48. The van der Waals surface area contributed by atoms with Gasteiger partial charge in [-0.2, -0.15) is 0 Å². The monoisotopic (exact) mass is 229 g/mol. The van der Waals surface area contributed by atoms with Gasteiger partial charge in [-0.25, -0.2) is 0 Å². The summed E-state index contributed by atoms with van der Waals surface area (Å²) < 4.78 is 5.58. The van der Waals surface area contributed by atoms with E-state index in [2.05, 4.69) is 0 Å². The molecule has 0 heterocycles. The first kappa shape index (κ1) is 11.3. The molecule has 2 aromatic carbocycles. The number of aryl methyl sites for hydroxylation is 1. The van der Waals surface area contributed by atoms with Crippen LogP contribution in [0.1, 0.15) is 11.1 Å². The summed E-state index contributed by atoms with van der Waals surface area (Å²) >= 11 is 0. The summed E-state index contributed by atoms with van der Waals surface area (Å²) in [7, 11) is 0. The van der Waals surface area contributed by atoms with Crippen LogP contribution in [0.15, 0.2) is 42.5 Å². The number of hydrogen-bond donors (Lipinski definition) is 2. The van der Waals surface area contributed by atoms with E-state index in [4.69, 9.17) is 15.6 Å². The van der Waals surface area contributed by atoms with E-state index in [0.29, 0.717) is 12.4 Å². The van der Waals surface area contributed by atoms with Crippen molar-refractivity contribution in [2.75, 3.05) is 5.73 Å². The Morgan fingerprint density at radius 2 is 1.82 bits per heavy atom. The van der Waals surface area contributed by atoms with Gasteiger partial charge in [-0.05, 0) is 42.8 Å². The normalized spacial score (nSPS) is 10.2. The molecular weight excluding hydrogens is 214 g/mol. The van der Waals surface area contributed by atoms with Crippen molar-refractivity contribution in [1.29, 1.82) is 0 Å². The Morgan fingerprint density at radius 3 is 2.47 bits per heavy atom. The summed E-state index contributed by atoms with van der Waals surface area (Å²) in [6.45, 7) is 2.43. The van der Waals surface area contributed by atoms with Gasteiger partial charge in [-0.1, -0.05) is 12.1 Å². The van der Waals surface area contributed by atoms with Crippen LogP contribution in [0.4, 0.5) is 5.69 Å². The number of phenolic OH excluding ortho intramolecular Hbond substituents is 1. The second-order valence-electron chi connectivity index (χ2n) is 3.98. The topological polar surface area (TPSA) is 55.5 Å². The third kappa shape index (κ3) is 2.91. The fourth-order valence-corrected chi connectivity index (χ4v) is 1.55. The summed E-state index contributed by atoms with van der Waals surface area (Å²) in [4.78, 5) is 0. The van der Waals surface area contributed by atoms with Gasteiger partial charge in [0, 0.05) is 11.3 Å². The quantitative estimate of drug-likeness (QED) is 0.796. The van der Waals surface area contributed by atoms with E-state index in [-0.39, 0.29) is 5.75 Å². The van der Waals surface area contributed by atoms with Gasteiger partial charge in [0.2, 0.25) is 0 Å². The number of hydrogen-bond acceptors (Lipinski definition) is 3. The molecular formula is C14H15NO2. The van der Waals surface area contributed by atoms with E-state index in [1.165, 1.54) is 0 Å². The molecule has 0 aliphatic carbocycles. The lowest BCUT2D eigenvalue weighted by atomic mass is 10.1. The smallest absolute Gasteiger partial charge is 0.120 e. The van der Waals surface area contributed by atoms with Crippen LogP contribution in [-0.4, -0.2) is 5.11 Å². The number of ether oxygens (including phenoxy) is 1. The van der Waals surface area contributed by atoms with Gasteiger partial charge in [-0.15, -0.1) is 0 Å². The number of phenols is 1. The van der Waals surface area contributed by atoms with E-state index < -0.39 is 0 Å². The Kier molecular flexibility index (Phi) is 3.19. The second kappa shape index (κ2) is 4.78. The molecule has 0 fully saturated rings. The number of rotatable bonds is 3. The second-order valence-corrected chi connectivity index (χ2v) is 3.98. The Labute approximate surface area is 100 Å². The third-order valence-electron chi connectivity index (χ3n) is 2.53. The predicted molar refractivity (Wildman–Crippen MR) is 68.0 cm³/mol. The van der Waals surface area contributed by atoms with Crippen LogP contribution in [0.25, 0.3) is 0 Å². The molecule has 3 N–H and O–H groups in total. The first-order valence-electron chi connectivity index (χ1n) is 5.42. The van der Waals surface area contributed by atoms with Crippen molar-refractivity contribution >= 4 is 5.69 Å². The van der Waals surface area contributed by atoms with Gasteiger partial charge >= 0.3 is 0 Å². The Morgan fingerprint density at radius 1 is 1.12 bits per heavy atom. The maximum absolute atomic E-state index is 9.14. The van der Waals surface area contributed by atoms with Crippen molar-refractivity contribution in [3.8, 4) is 11.5 Å². The lowest BCUT2D eigenvalue weighted by Crippen LogP contribution is -2.00. The molecule has 0 saturated heterocycles. The number of nitrogens with two attached hydrogens (primary N) is 1. The van der Waals surface area contributed by atoms with E-state index in [1.54, 1.807) is 24.3 Å². The molecule has 0 bridgehead atoms. The molecule has 0 saturated carbocycles. The lowest BCUT2D eigenvalue weighted by molar-refractivity contribution is 0.306. The minimum Gasteiger partial charge on any atom is -0.508 e. The Bertz CT molecular complexity index is 506. The fourth-order valence-electron chi connectivity index (χ4n) is 1.55. The Balaban J connectivity index is 2.04. The van der Waals surface area contributed by atoms with Crippen LogP contribution < -0.4 is 10.5 Å². The average Bonchev–Trinajstić information content (AvgIpc) is 2.30. The van der Waals surface area contributed by atoms with Crippen molar-refractivity contribution in [1.82, 2.24) is 0 Å². The fraction of sp³-hybridized carbons (Fsp3) is 0.143. The highest BCUT2D eigenvalue weighted by Crippen LogP contribution is 2.19. The molecule has 2 aromatic rings. The average molecular weight is 229 g/mol. The molecule has 88 valence electrons. The van der Waals surface area contributed by atoms with Crippen molar-refractivity contribution < 1.29 is 9.84 Å². The summed E-state index contributed by atoms with van der Waals surface area (Å²) in [5.41, 5.74) is 8.73. The molecule has 0 aliphatic rings. The van der Waals surface area contributed by atoms with Crippen LogP contribution in [0.5, 0.6) is 11.5 Å². The molecule has 0 unspecified atom stereocenters. The summed E-state index contributed by atoms with van der Waals surface area (Å²) in [6, 6.07) is 12.5. The summed E-state index contributed by atoms with van der Waals surface area (Å²) in [5, 5.41) is 9.14. The zero-order valence-corrected chi connectivity index (χ0v) is 9.68. The molecule has 3 nitrogen and oxygen atoms in total. The maximum Gasteiger partial charge on any atom is 0.120 e. The zero-order chi connectivity index (χ0) is 12.3. The highest BCUT2D eigenvalue weighted by Gasteiger charge is 2.01. The number of nitrogen functional groups attached to an aromatic ring is 1. The number of benzene rings is 2. The molecule has 0 radical (unpaired) electrons. The van der Waals surface area contributed by atoms with Crippen LogP contribution in [0.2, 0.25) is 0 Å². The molecule has 0 aromatic heterocycles. The molecule has 0 spiro atoms. The predicted octanol–water partition coefficient (Wildman–Crippen LogP) is 2.86. The van der Waals surface area contributed by atoms with Gasteiger partial charge in [-0.3, -0.25) is 0 Å². The van der Waals surface area contributed by atoms with Crippen molar-refractivity contribution in [2.45, 2.75) is 13.5 Å². The summed E-state index contributed by atoms with van der Waals surface area (Å²) in [6.07, 6.45) is 0. The zero-order valence-electron chi connectivity index (χ0n) is 9.68. The first-order valence-corrected chi connectivity index (χ1v) is 5.42. The maximum atomic E-state index is 9.14. The molecule has 0 atom stereocenters. The number of aromatic hydroxyl groups is 1. The van der Waals surface area contributed by atoms with Crippen molar-refractivity contribution in [3.63, 3.8) is 0 Å². The molecule has 0 aliphatic heterocycles. The van der Waals surface area contributed by atoms with Gasteiger partial charge in [0.05, 0.1) is 0 Å². The van der Waals surface area contributed by atoms with Gasteiger partial charge in [0.15, 0.2) is 0 Å². The van der Waals surface area contributed by atoms with Crippen LogP contribution in [-0.2, 0) is 6.61 Å². The van der Waals surface area contributed by atoms with Crippen LogP contribution in [0, 0.1) is 6.92 Å². The van der Waals surface area contributed by atoms with Crippen LogP contribution >= 0.6 is 0 Å².